The zero-order chi connectivity index (χ0) is 20.7. The van der Waals surface area contributed by atoms with Gasteiger partial charge in [0.25, 0.3) is 0 Å². The number of rotatable bonds is 6. The molecule has 0 unspecified atom stereocenters. The van der Waals surface area contributed by atoms with Crippen LogP contribution in [0.5, 0.6) is 11.5 Å². The first-order valence-electron chi connectivity index (χ1n) is 7.87. The first kappa shape index (κ1) is 21.6. The summed E-state index contributed by atoms with van der Waals surface area (Å²) in [6.07, 6.45) is 0. The minimum absolute atomic E-state index is 0.207. The highest BCUT2D eigenvalue weighted by molar-refractivity contribution is 8.15. The summed E-state index contributed by atoms with van der Waals surface area (Å²) in [5.74, 6) is -0.262. The van der Waals surface area contributed by atoms with Crippen LogP contribution in [0.15, 0.2) is 57.4 Å². The van der Waals surface area contributed by atoms with Crippen LogP contribution < -0.4 is 9.47 Å². The van der Waals surface area contributed by atoms with Gasteiger partial charge < -0.3 is 14.2 Å². The molecule has 2 aromatic carbocycles. The normalized spacial score (nSPS) is 11.6. The standard InChI is InChI=1S/C18H19NO7S2/c1-12-5-7-13(8-6-12)27-17(18(20)25-4)19-26-28(21,22)14-9-10-15(23-2)16(11-14)24-3/h5-11H,1-4H3. The lowest BCUT2D eigenvalue weighted by atomic mass is 10.2. The van der Waals surface area contributed by atoms with Gasteiger partial charge in [0.2, 0.25) is 5.04 Å². The van der Waals surface area contributed by atoms with E-state index >= 15 is 0 Å². The fraction of sp³-hybridized carbons (Fsp3) is 0.222. The van der Waals surface area contributed by atoms with Gasteiger partial charge in [0.15, 0.2) is 11.5 Å². The van der Waals surface area contributed by atoms with Gasteiger partial charge in [-0.05, 0) is 31.2 Å². The van der Waals surface area contributed by atoms with Crippen molar-refractivity contribution in [3.63, 3.8) is 0 Å². The third kappa shape index (κ3) is 5.40. The molecule has 0 saturated heterocycles. The molecule has 2 rings (SSSR count). The molecule has 0 atom stereocenters. The van der Waals surface area contributed by atoms with Crippen molar-refractivity contribution in [1.29, 1.82) is 0 Å². The smallest absolute Gasteiger partial charge is 0.367 e. The van der Waals surface area contributed by atoms with E-state index in [0.717, 1.165) is 24.4 Å². The van der Waals surface area contributed by atoms with Gasteiger partial charge in [0.1, 0.15) is 4.90 Å². The van der Waals surface area contributed by atoms with Crippen LogP contribution in [0, 0.1) is 6.92 Å². The van der Waals surface area contributed by atoms with Crippen molar-refractivity contribution < 1.29 is 31.7 Å². The molecule has 0 N–H and O–H groups in total. The van der Waals surface area contributed by atoms with Crippen LogP contribution in [0.4, 0.5) is 0 Å². The first-order valence-corrected chi connectivity index (χ1v) is 10.1. The minimum Gasteiger partial charge on any atom is -0.493 e. The predicted molar refractivity (Wildman–Crippen MR) is 104 cm³/mol. The van der Waals surface area contributed by atoms with Crippen LogP contribution >= 0.6 is 11.8 Å². The Bertz CT molecular complexity index is 970. The fourth-order valence-corrected chi connectivity index (χ4v) is 3.53. The Labute approximate surface area is 167 Å². The molecule has 8 nitrogen and oxygen atoms in total. The topological polar surface area (TPSA) is 100 Å². The summed E-state index contributed by atoms with van der Waals surface area (Å²) >= 11 is 0.921. The second-order valence-corrected chi connectivity index (χ2v) is 7.94. The van der Waals surface area contributed by atoms with E-state index in [1.54, 1.807) is 12.1 Å². The quantitative estimate of drug-likeness (QED) is 0.229. The average Bonchev–Trinajstić information content (AvgIpc) is 2.71. The number of hydrogen-bond donors (Lipinski definition) is 0. The Morgan fingerprint density at radius 1 is 0.964 bits per heavy atom. The molecule has 0 spiro atoms. The Kier molecular flexibility index (Phi) is 7.30. The highest BCUT2D eigenvalue weighted by Gasteiger charge is 2.22. The number of thioether (sulfide) groups is 1. The minimum atomic E-state index is -4.30. The molecule has 0 aliphatic heterocycles. The largest absolute Gasteiger partial charge is 0.493 e. The summed E-state index contributed by atoms with van der Waals surface area (Å²) in [6.45, 7) is 1.92. The fourth-order valence-electron chi connectivity index (χ4n) is 2.00. The van der Waals surface area contributed by atoms with Gasteiger partial charge in [0, 0.05) is 11.0 Å². The molecular weight excluding hydrogens is 406 g/mol. The summed E-state index contributed by atoms with van der Waals surface area (Å²) in [5, 5.41) is 3.24. The molecular formula is C18H19NO7S2. The summed E-state index contributed by atoms with van der Waals surface area (Å²) in [7, 11) is -0.331. The molecule has 2 aromatic rings. The molecule has 28 heavy (non-hydrogen) atoms. The molecule has 0 aliphatic rings. The van der Waals surface area contributed by atoms with E-state index < -0.39 is 16.1 Å². The van der Waals surface area contributed by atoms with Crippen molar-refractivity contribution in [3.8, 4) is 11.5 Å². The number of carbonyl (C=O) groups is 1. The van der Waals surface area contributed by atoms with Crippen molar-refractivity contribution in [3.05, 3.63) is 48.0 Å². The van der Waals surface area contributed by atoms with Gasteiger partial charge in [-0.1, -0.05) is 34.6 Å². The molecule has 0 amide bonds. The first-order chi connectivity index (χ1) is 13.3. The van der Waals surface area contributed by atoms with E-state index in [4.69, 9.17) is 13.8 Å². The van der Waals surface area contributed by atoms with Gasteiger partial charge in [-0.25, -0.2) is 4.79 Å². The number of methoxy groups -OCH3 is 3. The van der Waals surface area contributed by atoms with Crippen LogP contribution in [0.1, 0.15) is 5.56 Å². The summed E-state index contributed by atoms with van der Waals surface area (Å²) < 4.78 is 44.4. The van der Waals surface area contributed by atoms with Crippen LogP contribution in [-0.2, 0) is 23.9 Å². The number of ether oxygens (including phenoxy) is 3. The van der Waals surface area contributed by atoms with E-state index in [2.05, 4.69) is 9.89 Å². The number of hydrogen-bond acceptors (Lipinski definition) is 9. The highest BCUT2D eigenvalue weighted by Crippen LogP contribution is 2.30. The average molecular weight is 425 g/mol. The second kappa shape index (κ2) is 9.47. The van der Waals surface area contributed by atoms with Gasteiger partial charge >= 0.3 is 16.1 Å². The molecule has 0 radical (unpaired) electrons. The molecule has 150 valence electrons. The molecule has 0 aliphatic carbocycles. The lowest BCUT2D eigenvalue weighted by Crippen LogP contribution is -2.14. The van der Waals surface area contributed by atoms with Crippen LogP contribution in [-0.4, -0.2) is 40.8 Å². The molecule has 0 saturated carbocycles. The van der Waals surface area contributed by atoms with Gasteiger partial charge in [-0.2, -0.15) is 8.42 Å². The molecule has 0 fully saturated rings. The third-order valence-corrected chi connectivity index (χ3v) is 5.50. The van der Waals surface area contributed by atoms with E-state index in [1.165, 1.54) is 32.4 Å². The van der Waals surface area contributed by atoms with Crippen molar-refractivity contribution in [2.24, 2.45) is 5.16 Å². The van der Waals surface area contributed by atoms with Crippen LogP contribution in [0.2, 0.25) is 0 Å². The summed E-state index contributed by atoms with van der Waals surface area (Å²) in [5.41, 5.74) is 1.04. The lowest BCUT2D eigenvalue weighted by Gasteiger charge is -2.09. The van der Waals surface area contributed by atoms with Crippen LogP contribution in [0.3, 0.4) is 0 Å². The Morgan fingerprint density at radius 2 is 1.61 bits per heavy atom. The molecule has 0 heterocycles. The number of benzene rings is 2. The predicted octanol–water partition coefficient (Wildman–Crippen LogP) is 3.00. The van der Waals surface area contributed by atoms with Crippen LogP contribution in [0.25, 0.3) is 0 Å². The summed E-state index contributed by atoms with van der Waals surface area (Å²) in [6, 6.07) is 11.1. The highest BCUT2D eigenvalue weighted by atomic mass is 32.2. The second-order valence-electron chi connectivity index (χ2n) is 5.35. The van der Waals surface area contributed by atoms with E-state index in [-0.39, 0.29) is 15.7 Å². The van der Waals surface area contributed by atoms with E-state index in [0.29, 0.717) is 10.6 Å². The Morgan fingerprint density at radius 3 is 2.18 bits per heavy atom. The van der Waals surface area contributed by atoms with Gasteiger partial charge in [0.05, 0.1) is 21.3 Å². The Hall–Kier alpha value is -2.72. The number of carbonyl (C=O) groups excluding carboxylic acids is 1. The maximum Gasteiger partial charge on any atom is 0.367 e. The number of aryl methyl sites for hydroxylation is 1. The molecule has 0 aromatic heterocycles. The number of nitrogens with zero attached hydrogens (tertiary/aromatic N) is 1. The maximum absolute atomic E-state index is 12.4. The number of esters is 1. The van der Waals surface area contributed by atoms with Gasteiger partial charge in [-0.3, -0.25) is 4.28 Å². The lowest BCUT2D eigenvalue weighted by molar-refractivity contribution is -0.132. The SMILES string of the molecule is COC(=O)C(=NOS(=O)(=O)c1ccc(OC)c(OC)c1)Sc1ccc(C)cc1. The van der Waals surface area contributed by atoms with Crippen molar-refractivity contribution in [2.45, 2.75) is 16.7 Å². The monoisotopic (exact) mass is 425 g/mol. The van der Waals surface area contributed by atoms with Crippen molar-refractivity contribution >= 4 is 32.9 Å². The van der Waals surface area contributed by atoms with Crippen molar-refractivity contribution in [2.75, 3.05) is 21.3 Å². The zero-order valence-electron chi connectivity index (χ0n) is 15.7. The Balaban J connectivity index is 2.29. The maximum atomic E-state index is 12.4. The van der Waals surface area contributed by atoms with Gasteiger partial charge in [-0.15, -0.1) is 0 Å². The van der Waals surface area contributed by atoms with E-state index in [9.17, 15) is 13.2 Å². The third-order valence-electron chi connectivity index (χ3n) is 3.46. The summed E-state index contributed by atoms with van der Waals surface area (Å²) in [4.78, 5) is 12.4. The molecule has 0 bridgehead atoms. The number of oxime groups is 1. The van der Waals surface area contributed by atoms with Crippen molar-refractivity contribution in [1.82, 2.24) is 0 Å². The van der Waals surface area contributed by atoms with E-state index in [1.807, 2.05) is 19.1 Å². The molecule has 10 heteroatoms. The zero-order valence-corrected chi connectivity index (χ0v) is 17.3.